The van der Waals surface area contributed by atoms with Crippen LogP contribution in [0.4, 0.5) is 0 Å². The van der Waals surface area contributed by atoms with E-state index >= 15 is 0 Å². The Balaban J connectivity index is 2.08. The summed E-state index contributed by atoms with van der Waals surface area (Å²) < 4.78 is 5.24. The highest BCUT2D eigenvalue weighted by atomic mass is 35.5. The number of aromatic nitrogens is 2. The van der Waals surface area contributed by atoms with Gasteiger partial charge in [-0.3, -0.25) is 0 Å². The van der Waals surface area contributed by atoms with E-state index in [4.69, 9.17) is 17.3 Å². The Hall–Kier alpha value is -0.620. The minimum absolute atomic E-state index is 0.168. The van der Waals surface area contributed by atoms with Crippen LogP contribution in [0.2, 0.25) is 5.02 Å². The highest BCUT2D eigenvalue weighted by molar-refractivity contribution is 8.01. The maximum atomic E-state index is 6.33. The highest BCUT2D eigenvalue weighted by Crippen LogP contribution is 2.32. The summed E-state index contributed by atoms with van der Waals surface area (Å²) in [6.07, 6.45) is 2.64. The first-order valence-electron chi connectivity index (χ1n) is 6.66. The number of hydrogen-bond donors (Lipinski definition) is 1. The zero-order valence-corrected chi connectivity index (χ0v) is 14.0. The summed E-state index contributed by atoms with van der Waals surface area (Å²) in [6.45, 7) is 4.14. The molecular formula is C14H18ClN3S2. The van der Waals surface area contributed by atoms with E-state index in [9.17, 15) is 0 Å². The second-order valence-corrected chi connectivity index (χ2v) is 7.04. The first-order chi connectivity index (χ1) is 9.62. The molecule has 0 saturated heterocycles. The van der Waals surface area contributed by atoms with Gasteiger partial charge in [-0.15, -0.1) is 0 Å². The molecule has 6 heteroatoms. The molecule has 0 radical (unpaired) electrons. The SMILES string of the molecule is CCc1nsc(Sc2ccc(CC(N)CC)c(Cl)c2)n1. The van der Waals surface area contributed by atoms with Crippen molar-refractivity contribution in [2.24, 2.45) is 5.73 Å². The molecule has 1 aromatic heterocycles. The van der Waals surface area contributed by atoms with Crippen LogP contribution in [-0.2, 0) is 12.8 Å². The van der Waals surface area contributed by atoms with Crippen molar-refractivity contribution in [3.8, 4) is 0 Å². The van der Waals surface area contributed by atoms with Crippen molar-refractivity contribution < 1.29 is 0 Å². The number of nitrogens with zero attached hydrogens (tertiary/aromatic N) is 2. The summed E-state index contributed by atoms with van der Waals surface area (Å²) in [5.74, 6) is 0.897. The lowest BCUT2D eigenvalue weighted by molar-refractivity contribution is 0.646. The molecule has 0 fully saturated rings. The monoisotopic (exact) mass is 327 g/mol. The minimum atomic E-state index is 0.168. The molecule has 0 aliphatic rings. The van der Waals surface area contributed by atoms with E-state index in [0.29, 0.717) is 0 Å². The molecule has 2 N–H and O–H groups in total. The lowest BCUT2D eigenvalue weighted by Gasteiger charge is -2.10. The summed E-state index contributed by atoms with van der Waals surface area (Å²) in [6, 6.07) is 6.28. The van der Waals surface area contributed by atoms with Gasteiger partial charge < -0.3 is 5.73 Å². The van der Waals surface area contributed by atoms with Crippen LogP contribution in [0.15, 0.2) is 27.4 Å². The van der Waals surface area contributed by atoms with Gasteiger partial charge in [-0.2, -0.15) is 4.37 Å². The number of rotatable bonds is 6. The molecule has 0 aliphatic carbocycles. The Morgan fingerprint density at radius 1 is 1.40 bits per heavy atom. The Morgan fingerprint density at radius 2 is 2.20 bits per heavy atom. The molecule has 1 heterocycles. The molecule has 2 aromatic rings. The van der Waals surface area contributed by atoms with Crippen molar-refractivity contribution >= 4 is 34.9 Å². The van der Waals surface area contributed by atoms with Crippen LogP contribution < -0.4 is 5.73 Å². The Morgan fingerprint density at radius 3 is 2.80 bits per heavy atom. The minimum Gasteiger partial charge on any atom is -0.327 e. The Bertz CT molecular complexity index is 571. The standard InChI is InChI=1S/C14H18ClN3S2/c1-3-10(16)7-9-5-6-11(8-12(9)15)19-14-17-13(4-2)18-20-14/h5-6,8,10H,3-4,7,16H2,1-2H3. The van der Waals surface area contributed by atoms with Gasteiger partial charge >= 0.3 is 0 Å². The smallest absolute Gasteiger partial charge is 0.174 e. The van der Waals surface area contributed by atoms with Gasteiger partial charge in [0.1, 0.15) is 5.82 Å². The van der Waals surface area contributed by atoms with E-state index in [1.807, 2.05) is 6.07 Å². The largest absolute Gasteiger partial charge is 0.327 e. The molecule has 108 valence electrons. The molecule has 0 saturated carbocycles. The van der Waals surface area contributed by atoms with Crippen molar-refractivity contribution in [1.82, 2.24) is 9.36 Å². The number of halogens is 1. The fourth-order valence-corrected chi connectivity index (χ4v) is 3.74. The normalized spacial score (nSPS) is 12.6. The summed E-state index contributed by atoms with van der Waals surface area (Å²) in [5, 5.41) is 0.777. The lowest BCUT2D eigenvalue weighted by Crippen LogP contribution is -2.21. The van der Waals surface area contributed by atoms with E-state index in [1.165, 1.54) is 11.5 Å². The van der Waals surface area contributed by atoms with Crippen molar-refractivity contribution in [2.75, 3.05) is 0 Å². The van der Waals surface area contributed by atoms with Crippen molar-refractivity contribution in [3.05, 3.63) is 34.6 Å². The van der Waals surface area contributed by atoms with Crippen LogP contribution in [0, 0.1) is 0 Å². The van der Waals surface area contributed by atoms with Gasteiger partial charge in [0.2, 0.25) is 0 Å². The molecule has 0 aliphatic heterocycles. The maximum absolute atomic E-state index is 6.33. The van der Waals surface area contributed by atoms with Crippen molar-refractivity contribution in [3.63, 3.8) is 0 Å². The molecule has 0 amide bonds. The lowest BCUT2D eigenvalue weighted by atomic mass is 10.1. The van der Waals surface area contributed by atoms with E-state index < -0.39 is 0 Å². The number of aryl methyl sites for hydroxylation is 1. The topological polar surface area (TPSA) is 51.8 Å². The number of nitrogens with two attached hydrogens (primary N) is 1. The molecule has 1 unspecified atom stereocenters. The second kappa shape index (κ2) is 7.41. The van der Waals surface area contributed by atoms with Gasteiger partial charge in [-0.05, 0) is 42.1 Å². The van der Waals surface area contributed by atoms with Crippen LogP contribution in [-0.4, -0.2) is 15.4 Å². The van der Waals surface area contributed by atoms with E-state index in [-0.39, 0.29) is 6.04 Å². The maximum Gasteiger partial charge on any atom is 0.174 e. The molecule has 1 atom stereocenters. The third-order valence-corrected chi connectivity index (χ3v) is 5.13. The third-order valence-electron chi connectivity index (χ3n) is 3.00. The van der Waals surface area contributed by atoms with Crippen LogP contribution in [0.25, 0.3) is 0 Å². The fraction of sp³-hybridized carbons (Fsp3) is 0.429. The number of benzene rings is 1. The van der Waals surface area contributed by atoms with Gasteiger partial charge in [0.25, 0.3) is 0 Å². The Kier molecular flexibility index (Phi) is 5.84. The van der Waals surface area contributed by atoms with Gasteiger partial charge in [0.05, 0.1) is 0 Å². The molecule has 2 rings (SSSR count). The second-order valence-electron chi connectivity index (χ2n) is 4.56. The van der Waals surface area contributed by atoms with Crippen LogP contribution in [0.3, 0.4) is 0 Å². The van der Waals surface area contributed by atoms with E-state index in [0.717, 1.165) is 44.9 Å². The summed E-state index contributed by atoms with van der Waals surface area (Å²) in [4.78, 5) is 5.53. The van der Waals surface area contributed by atoms with Gasteiger partial charge in [0, 0.05) is 22.4 Å². The van der Waals surface area contributed by atoms with Crippen LogP contribution in [0.1, 0.15) is 31.7 Å². The fourth-order valence-electron chi connectivity index (χ4n) is 1.71. The molecule has 1 aromatic carbocycles. The van der Waals surface area contributed by atoms with Gasteiger partial charge in [-0.1, -0.05) is 43.3 Å². The molecule has 20 heavy (non-hydrogen) atoms. The van der Waals surface area contributed by atoms with Gasteiger partial charge in [0.15, 0.2) is 4.34 Å². The van der Waals surface area contributed by atoms with Crippen molar-refractivity contribution in [1.29, 1.82) is 0 Å². The average Bonchev–Trinajstić information content (AvgIpc) is 2.89. The quantitative estimate of drug-likeness (QED) is 0.864. The summed E-state index contributed by atoms with van der Waals surface area (Å²) >= 11 is 9.36. The molecule has 3 nitrogen and oxygen atoms in total. The molecular weight excluding hydrogens is 310 g/mol. The predicted molar refractivity (Wildman–Crippen MR) is 86.8 cm³/mol. The first kappa shape index (κ1) is 15.8. The summed E-state index contributed by atoms with van der Waals surface area (Å²) in [7, 11) is 0. The van der Waals surface area contributed by atoms with Crippen LogP contribution in [0.5, 0.6) is 0 Å². The molecule has 0 spiro atoms. The van der Waals surface area contributed by atoms with Gasteiger partial charge in [-0.25, -0.2) is 4.98 Å². The Labute approximate surface area is 133 Å². The average molecular weight is 328 g/mol. The highest BCUT2D eigenvalue weighted by Gasteiger charge is 2.09. The zero-order chi connectivity index (χ0) is 14.5. The van der Waals surface area contributed by atoms with Crippen LogP contribution >= 0.6 is 34.9 Å². The van der Waals surface area contributed by atoms with E-state index in [2.05, 4.69) is 35.3 Å². The van der Waals surface area contributed by atoms with E-state index in [1.54, 1.807) is 11.8 Å². The zero-order valence-electron chi connectivity index (χ0n) is 11.6. The molecule has 0 bridgehead atoms. The van der Waals surface area contributed by atoms with Crippen molar-refractivity contribution in [2.45, 2.75) is 48.4 Å². The first-order valence-corrected chi connectivity index (χ1v) is 8.63. The predicted octanol–water partition coefficient (Wildman–Crippen LogP) is 4.18. The summed E-state index contributed by atoms with van der Waals surface area (Å²) in [5.41, 5.74) is 7.08. The number of hydrogen-bond acceptors (Lipinski definition) is 5. The third kappa shape index (κ3) is 4.19.